The molecule has 0 aliphatic rings. The van der Waals surface area contributed by atoms with E-state index in [-0.39, 0.29) is 0 Å². The fourth-order valence-electron chi connectivity index (χ4n) is 1.50. The Morgan fingerprint density at radius 1 is 1.43 bits per heavy atom. The van der Waals surface area contributed by atoms with E-state index in [9.17, 15) is 0 Å². The Morgan fingerprint density at radius 3 is 2.64 bits per heavy atom. The second-order valence-electron chi connectivity index (χ2n) is 3.90. The van der Waals surface area contributed by atoms with Gasteiger partial charge in [-0.1, -0.05) is 6.07 Å². The number of pyridine rings is 1. The zero-order valence-corrected chi connectivity index (χ0v) is 9.41. The van der Waals surface area contributed by atoms with E-state index in [1.165, 1.54) is 11.1 Å². The maximum Gasteiger partial charge on any atom is 0.0462 e. The van der Waals surface area contributed by atoms with Gasteiger partial charge in [0.25, 0.3) is 0 Å². The fourth-order valence-corrected chi connectivity index (χ4v) is 1.50. The highest BCUT2D eigenvalue weighted by molar-refractivity contribution is 5.20. The molecular weight excluding hydrogens is 174 g/mol. The summed E-state index contributed by atoms with van der Waals surface area (Å²) in [5.41, 5.74) is 2.46. The Bertz CT molecular complexity index is 284. The van der Waals surface area contributed by atoms with Crippen molar-refractivity contribution in [2.24, 2.45) is 0 Å². The smallest absolute Gasteiger partial charge is 0.0462 e. The number of nitrogens with zero attached hydrogens (tertiary/aromatic N) is 2. The predicted octanol–water partition coefficient (Wildman–Crippen LogP) is 1.21. The zero-order valence-electron chi connectivity index (χ0n) is 9.41. The van der Waals surface area contributed by atoms with Crippen LogP contribution in [0.15, 0.2) is 18.5 Å². The first-order valence-electron chi connectivity index (χ1n) is 4.87. The van der Waals surface area contributed by atoms with Crippen LogP contribution in [0.5, 0.6) is 0 Å². The molecule has 1 heterocycles. The SMILES string of the molecule is CNC(CN(C)C)c1cncc(C)c1. The van der Waals surface area contributed by atoms with Crippen molar-refractivity contribution in [3.63, 3.8) is 0 Å². The third-order valence-electron chi connectivity index (χ3n) is 2.19. The molecule has 0 aromatic carbocycles. The number of hydrogen-bond acceptors (Lipinski definition) is 3. The average molecular weight is 193 g/mol. The van der Waals surface area contributed by atoms with Gasteiger partial charge in [0.2, 0.25) is 0 Å². The number of likely N-dealkylation sites (N-methyl/N-ethyl adjacent to an activating group) is 2. The Morgan fingerprint density at radius 2 is 2.14 bits per heavy atom. The van der Waals surface area contributed by atoms with Crippen molar-refractivity contribution >= 4 is 0 Å². The van der Waals surface area contributed by atoms with Crippen LogP contribution in [0.1, 0.15) is 17.2 Å². The standard InChI is InChI=1S/C11H19N3/c1-9-5-10(7-13-6-9)11(12-2)8-14(3)4/h5-7,11-12H,8H2,1-4H3. The van der Waals surface area contributed by atoms with Crippen molar-refractivity contribution in [2.75, 3.05) is 27.7 Å². The molecule has 1 atom stereocenters. The first kappa shape index (κ1) is 11.1. The molecule has 1 rings (SSSR count). The quantitative estimate of drug-likeness (QED) is 0.779. The van der Waals surface area contributed by atoms with Gasteiger partial charge in [-0.05, 0) is 39.2 Å². The molecule has 3 nitrogen and oxygen atoms in total. The van der Waals surface area contributed by atoms with E-state index in [2.05, 4.69) is 42.3 Å². The molecule has 0 aliphatic carbocycles. The van der Waals surface area contributed by atoms with Crippen LogP contribution in [0.3, 0.4) is 0 Å². The van der Waals surface area contributed by atoms with Gasteiger partial charge < -0.3 is 10.2 Å². The number of rotatable bonds is 4. The Kier molecular flexibility index (Phi) is 4.04. The van der Waals surface area contributed by atoms with Crippen molar-refractivity contribution in [1.82, 2.24) is 15.2 Å². The van der Waals surface area contributed by atoms with Crippen molar-refractivity contribution < 1.29 is 0 Å². The van der Waals surface area contributed by atoms with E-state index in [1.807, 2.05) is 19.4 Å². The molecule has 0 aliphatic heterocycles. The summed E-state index contributed by atoms with van der Waals surface area (Å²) in [4.78, 5) is 6.37. The van der Waals surface area contributed by atoms with Gasteiger partial charge in [0.05, 0.1) is 0 Å². The second-order valence-corrected chi connectivity index (χ2v) is 3.90. The Balaban J connectivity index is 2.78. The maximum absolute atomic E-state index is 4.20. The van der Waals surface area contributed by atoms with Crippen LogP contribution >= 0.6 is 0 Å². The van der Waals surface area contributed by atoms with Gasteiger partial charge in [-0.3, -0.25) is 4.98 Å². The summed E-state index contributed by atoms with van der Waals surface area (Å²) in [6.45, 7) is 3.06. The number of aryl methyl sites for hydroxylation is 1. The van der Waals surface area contributed by atoms with Crippen LogP contribution in [0, 0.1) is 6.92 Å². The van der Waals surface area contributed by atoms with Gasteiger partial charge in [-0.15, -0.1) is 0 Å². The highest BCUT2D eigenvalue weighted by Gasteiger charge is 2.10. The minimum Gasteiger partial charge on any atom is -0.312 e. The number of nitrogens with one attached hydrogen (secondary N) is 1. The average Bonchev–Trinajstić information content (AvgIpc) is 2.14. The minimum absolute atomic E-state index is 0.359. The molecule has 3 heteroatoms. The zero-order chi connectivity index (χ0) is 10.6. The summed E-state index contributed by atoms with van der Waals surface area (Å²) in [5, 5.41) is 3.30. The predicted molar refractivity (Wildman–Crippen MR) is 59.3 cm³/mol. The van der Waals surface area contributed by atoms with Gasteiger partial charge >= 0.3 is 0 Å². The third kappa shape index (κ3) is 3.09. The summed E-state index contributed by atoms with van der Waals surface area (Å²) in [6, 6.07) is 2.54. The summed E-state index contributed by atoms with van der Waals surface area (Å²) < 4.78 is 0. The van der Waals surface area contributed by atoms with Gasteiger partial charge in [-0.25, -0.2) is 0 Å². The summed E-state index contributed by atoms with van der Waals surface area (Å²) in [6.07, 6.45) is 3.81. The summed E-state index contributed by atoms with van der Waals surface area (Å²) in [5.74, 6) is 0. The van der Waals surface area contributed by atoms with Crippen LogP contribution in [0.25, 0.3) is 0 Å². The molecule has 0 saturated heterocycles. The molecule has 14 heavy (non-hydrogen) atoms. The van der Waals surface area contributed by atoms with Crippen LogP contribution in [0.4, 0.5) is 0 Å². The molecule has 0 fully saturated rings. The maximum atomic E-state index is 4.20. The first-order chi connectivity index (χ1) is 6.63. The van der Waals surface area contributed by atoms with Crippen molar-refractivity contribution in [3.8, 4) is 0 Å². The van der Waals surface area contributed by atoms with E-state index in [4.69, 9.17) is 0 Å². The molecule has 0 radical (unpaired) electrons. The van der Waals surface area contributed by atoms with Crippen LogP contribution in [-0.4, -0.2) is 37.6 Å². The monoisotopic (exact) mass is 193 g/mol. The summed E-state index contributed by atoms with van der Waals surface area (Å²) in [7, 11) is 6.14. The lowest BCUT2D eigenvalue weighted by Gasteiger charge is -2.20. The van der Waals surface area contributed by atoms with Crippen molar-refractivity contribution in [3.05, 3.63) is 29.6 Å². The van der Waals surface area contributed by atoms with Crippen LogP contribution < -0.4 is 5.32 Å². The lowest BCUT2D eigenvalue weighted by molar-refractivity contribution is 0.352. The van der Waals surface area contributed by atoms with Crippen molar-refractivity contribution in [2.45, 2.75) is 13.0 Å². The molecule has 0 bridgehead atoms. The Hall–Kier alpha value is -0.930. The third-order valence-corrected chi connectivity index (χ3v) is 2.19. The Labute approximate surface area is 86.2 Å². The van der Waals surface area contributed by atoms with Gasteiger partial charge in [-0.2, -0.15) is 0 Å². The van der Waals surface area contributed by atoms with Gasteiger partial charge in [0.1, 0.15) is 0 Å². The van der Waals surface area contributed by atoms with E-state index in [1.54, 1.807) is 0 Å². The second kappa shape index (κ2) is 5.08. The molecule has 0 amide bonds. The molecule has 0 spiro atoms. The number of hydrogen-bond donors (Lipinski definition) is 1. The lowest BCUT2D eigenvalue weighted by Crippen LogP contribution is -2.28. The summed E-state index contributed by atoms with van der Waals surface area (Å²) >= 11 is 0. The minimum atomic E-state index is 0.359. The molecule has 1 aromatic heterocycles. The molecule has 1 aromatic rings. The molecule has 1 unspecified atom stereocenters. The fraction of sp³-hybridized carbons (Fsp3) is 0.545. The molecule has 1 N–H and O–H groups in total. The largest absolute Gasteiger partial charge is 0.312 e. The highest BCUT2D eigenvalue weighted by atomic mass is 15.1. The van der Waals surface area contributed by atoms with Gasteiger partial charge in [0, 0.05) is 25.0 Å². The molecular formula is C11H19N3. The van der Waals surface area contributed by atoms with E-state index in [0.29, 0.717) is 6.04 Å². The normalized spacial score (nSPS) is 13.2. The first-order valence-corrected chi connectivity index (χ1v) is 4.87. The highest BCUT2D eigenvalue weighted by Crippen LogP contribution is 2.12. The number of aromatic nitrogens is 1. The molecule has 0 saturated carbocycles. The van der Waals surface area contributed by atoms with E-state index in [0.717, 1.165) is 6.54 Å². The lowest BCUT2D eigenvalue weighted by atomic mass is 10.1. The van der Waals surface area contributed by atoms with Crippen LogP contribution in [-0.2, 0) is 0 Å². The topological polar surface area (TPSA) is 28.2 Å². The van der Waals surface area contributed by atoms with Gasteiger partial charge in [0.15, 0.2) is 0 Å². The van der Waals surface area contributed by atoms with Crippen LogP contribution in [0.2, 0.25) is 0 Å². The van der Waals surface area contributed by atoms with E-state index < -0.39 is 0 Å². The van der Waals surface area contributed by atoms with E-state index >= 15 is 0 Å². The van der Waals surface area contributed by atoms with Crippen molar-refractivity contribution in [1.29, 1.82) is 0 Å². The molecule has 78 valence electrons.